The number of hydrogen-bond donors (Lipinski definition) is 16. The maximum absolute atomic E-state index is 14.8. The number of hydrogen-bond acceptors (Lipinski definition) is 18. The molecule has 14 amide bonds. The number of aliphatic carboxylic acids is 3. The van der Waals surface area contributed by atoms with Crippen molar-refractivity contribution in [2.24, 2.45) is 28.9 Å². The topological polar surface area (TPSA) is 570 Å². The molecule has 35 nitrogen and oxygen atoms in total. The van der Waals surface area contributed by atoms with Crippen molar-refractivity contribution in [3.05, 3.63) is 35.9 Å². The van der Waals surface area contributed by atoms with Crippen LogP contribution in [0.2, 0.25) is 0 Å². The third-order valence-corrected chi connectivity index (χ3v) is 14.2. The molecule has 12 atom stereocenters. The van der Waals surface area contributed by atoms with Crippen molar-refractivity contribution >= 4 is 101 Å². The van der Waals surface area contributed by atoms with E-state index in [0.29, 0.717) is 18.4 Å². The zero-order chi connectivity index (χ0) is 67.9. The van der Waals surface area contributed by atoms with E-state index >= 15 is 0 Å². The molecule has 90 heavy (non-hydrogen) atoms. The van der Waals surface area contributed by atoms with E-state index in [1.807, 2.05) is 0 Å². The molecule has 0 aliphatic carbocycles. The van der Waals surface area contributed by atoms with Crippen molar-refractivity contribution in [1.29, 1.82) is 0 Å². The molecule has 2 heterocycles. The summed E-state index contributed by atoms with van der Waals surface area (Å²) in [4.78, 5) is 224. The number of carboxylic acid groups (broad SMARTS) is 3. The van der Waals surface area contributed by atoms with Gasteiger partial charge >= 0.3 is 17.9 Å². The van der Waals surface area contributed by atoms with E-state index in [1.54, 1.807) is 44.2 Å². The van der Waals surface area contributed by atoms with Gasteiger partial charge in [0.15, 0.2) is 0 Å². The minimum Gasteiger partial charge on any atom is -0.481 e. The van der Waals surface area contributed by atoms with Crippen LogP contribution < -0.4 is 70.8 Å². The average Bonchev–Trinajstić information content (AvgIpc) is 1.84. The standard InChI is InChI=1S/C55H81N15O20/c1-25(2)19-31(49(83)67-35(20-29-11-7-6-8-12-29)53(87)70-18-10-14-38(70)54(88)69-17-9-13-37(69)52(86)68-36(55(89)90)23-41(59)73)65-47(81)30(15-16-42(74)75)62-50(84)33(22-40(58)72)63-46(80)28(5)61-48(82)32(21-39(57)71)66-51(85)34(24-43(76)77)64-45(79)27(4)60-44(78)26(3)56/h6-8,11-12,25-28,30-38H,9-10,13-24,56H2,1-5H3,(H2,57,71)(H2,58,72)(H2,59,73)(H,60,78)(H,61,82)(H,62,84)(H,63,80)(H,64,79)(H,65,81)(H,66,85)(H,67,83)(H,68,86)(H,74,75)(H,76,77)(H,89,90)/t26-,27-,28-,30-,31-,32-,33-,34-,35-,36-,37-,38-/m0/s1. The number of carbonyl (C=O) groups excluding carboxylic acids is 14. The molecular weight excluding hydrogens is 1190 g/mol. The number of benzene rings is 1. The summed E-state index contributed by atoms with van der Waals surface area (Å²) in [6.07, 6.45) is -4.53. The molecule has 0 radical (unpaired) electrons. The minimum atomic E-state index is -1.97. The van der Waals surface area contributed by atoms with Crippen LogP contribution in [0.15, 0.2) is 30.3 Å². The van der Waals surface area contributed by atoms with Gasteiger partial charge < -0.3 is 95.9 Å². The molecular formula is C55H81N15O20. The highest BCUT2D eigenvalue weighted by Gasteiger charge is 2.45. The van der Waals surface area contributed by atoms with Crippen LogP contribution >= 0.6 is 0 Å². The van der Waals surface area contributed by atoms with E-state index in [9.17, 15) is 96.8 Å². The highest BCUT2D eigenvalue weighted by Crippen LogP contribution is 2.27. The minimum absolute atomic E-state index is 0.0297. The Morgan fingerprint density at radius 1 is 0.478 bits per heavy atom. The predicted octanol–water partition coefficient (Wildman–Crippen LogP) is -6.94. The smallest absolute Gasteiger partial charge is 0.326 e. The van der Waals surface area contributed by atoms with Crippen LogP contribution in [0.25, 0.3) is 0 Å². The Balaban J connectivity index is 1.86. The summed E-state index contributed by atoms with van der Waals surface area (Å²) in [6, 6.07) is -10.3. The molecule has 1 aromatic carbocycles. The largest absolute Gasteiger partial charge is 0.481 e. The van der Waals surface area contributed by atoms with Crippen LogP contribution in [0, 0.1) is 5.92 Å². The molecule has 2 fully saturated rings. The average molecular weight is 1270 g/mol. The van der Waals surface area contributed by atoms with Crippen LogP contribution in [0.1, 0.15) is 111 Å². The summed E-state index contributed by atoms with van der Waals surface area (Å²) in [5.41, 5.74) is 21.9. The normalized spacial score (nSPS) is 17.7. The Bertz CT molecular complexity index is 2870. The maximum atomic E-state index is 14.8. The van der Waals surface area contributed by atoms with Gasteiger partial charge in [0.1, 0.15) is 66.5 Å². The SMILES string of the molecule is CC(C)C[C@H](NC(=O)[C@H](CCC(=O)O)NC(=O)[C@H](CC(N)=O)NC(=O)[C@H](C)NC(=O)[C@H](CC(N)=O)NC(=O)[C@H](CC(=O)O)NC(=O)[C@H](C)NC(=O)[C@H](C)N)C(=O)N[C@@H](Cc1ccccc1)C(=O)N1CCC[C@H]1C(=O)N1CCC[C@H]1C(=O)N[C@@H](CC(N)=O)C(=O)O. The molecule has 2 saturated heterocycles. The first kappa shape index (κ1) is 74.4. The van der Waals surface area contributed by atoms with Crippen molar-refractivity contribution in [3.8, 4) is 0 Å². The van der Waals surface area contributed by atoms with Crippen LogP contribution in [-0.4, -0.2) is 211 Å². The molecule has 3 rings (SSSR count). The van der Waals surface area contributed by atoms with Crippen LogP contribution in [-0.2, 0) is 87.9 Å². The molecule has 0 saturated carbocycles. The molecule has 35 heteroatoms. The number of likely N-dealkylation sites (tertiary alicyclic amines) is 2. The molecule has 2 aliphatic heterocycles. The van der Waals surface area contributed by atoms with E-state index in [4.69, 9.17) is 22.9 Å². The second kappa shape index (κ2) is 35.2. The number of nitrogens with one attached hydrogen (secondary N) is 9. The summed E-state index contributed by atoms with van der Waals surface area (Å²) >= 11 is 0. The predicted molar refractivity (Wildman–Crippen MR) is 310 cm³/mol. The Hall–Kier alpha value is -9.83. The first-order chi connectivity index (χ1) is 42.1. The van der Waals surface area contributed by atoms with Crippen molar-refractivity contribution < 1.29 is 96.8 Å². The number of carbonyl (C=O) groups is 17. The van der Waals surface area contributed by atoms with E-state index in [-0.39, 0.29) is 44.7 Å². The van der Waals surface area contributed by atoms with Gasteiger partial charge in [0, 0.05) is 25.9 Å². The van der Waals surface area contributed by atoms with Crippen LogP contribution in [0.4, 0.5) is 0 Å². The molecule has 0 aromatic heterocycles. The Kier molecular flexibility index (Phi) is 29.1. The van der Waals surface area contributed by atoms with Crippen molar-refractivity contribution in [2.75, 3.05) is 13.1 Å². The van der Waals surface area contributed by atoms with Gasteiger partial charge in [-0.25, -0.2) is 4.79 Å². The van der Waals surface area contributed by atoms with Crippen LogP contribution in [0.3, 0.4) is 0 Å². The zero-order valence-electron chi connectivity index (χ0n) is 50.3. The summed E-state index contributed by atoms with van der Waals surface area (Å²) < 4.78 is 0. The fourth-order valence-corrected chi connectivity index (χ4v) is 9.62. The van der Waals surface area contributed by atoms with E-state index < -0.39 is 212 Å². The van der Waals surface area contributed by atoms with E-state index in [0.717, 1.165) is 6.92 Å². The fraction of sp³-hybridized carbons (Fsp3) is 0.582. The summed E-state index contributed by atoms with van der Waals surface area (Å²) in [5, 5.41) is 49.2. The molecule has 496 valence electrons. The second-order valence-corrected chi connectivity index (χ2v) is 22.3. The number of primary amides is 3. The van der Waals surface area contributed by atoms with E-state index in [1.165, 1.54) is 23.6 Å². The van der Waals surface area contributed by atoms with Gasteiger partial charge in [0.2, 0.25) is 82.7 Å². The highest BCUT2D eigenvalue weighted by atomic mass is 16.4. The number of nitrogens with zero attached hydrogens (tertiary/aromatic N) is 2. The molecule has 20 N–H and O–H groups in total. The summed E-state index contributed by atoms with van der Waals surface area (Å²) in [6.45, 7) is 7.00. The third kappa shape index (κ3) is 24.0. The van der Waals surface area contributed by atoms with Gasteiger partial charge in [-0.15, -0.1) is 0 Å². The number of nitrogens with two attached hydrogens (primary N) is 4. The van der Waals surface area contributed by atoms with Gasteiger partial charge in [-0.1, -0.05) is 44.2 Å². The fourth-order valence-electron chi connectivity index (χ4n) is 9.62. The van der Waals surface area contributed by atoms with Crippen molar-refractivity contribution in [2.45, 2.75) is 184 Å². The van der Waals surface area contributed by atoms with E-state index in [2.05, 4.69) is 47.9 Å². The molecule has 0 unspecified atom stereocenters. The third-order valence-electron chi connectivity index (χ3n) is 14.2. The lowest BCUT2D eigenvalue weighted by atomic mass is 9.99. The Morgan fingerprint density at radius 3 is 1.39 bits per heavy atom. The molecule has 2 aliphatic rings. The summed E-state index contributed by atoms with van der Waals surface area (Å²) in [5.74, 6) is -19.7. The molecule has 1 aromatic rings. The number of rotatable bonds is 36. The first-order valence-corrected chi connectivity index (χ1v) is 28.7. The molecule has 0 bridgehead atoms. The molecule has 0 spiro atoms. The maximum Gasteiger partial charge on any atom is 0.326 e. The monoisotopic (exact) mass is 1270 g/mol. The van der Waals surface area contributed by atoms with Gasteiger partial charge in [0.05, 0.1) is 31.7 Å². The highest BCUT2D eigenvalue weighted by molar-refractivity contribution is 6.01. The van der Waals surface area contributed by atoms with Crippen molar-refractivity contribution in [1.82, 2.24) is 57.7 Å². The zero-order valence-corrected chi connectivity index (χ0v) is 50.3. The lowest BCUT2D eigenvalue weighted by Gasteiger charge is -2.33. The lowest BCUT2D eigenvalue weighted by molar-refractivity contribution is -0.149. The number of carboxylic acids is 3. The lowest BCUT2D eigenvalue weighted by Crippen LogP contribution is -2.61. The van der Waals surface area contributed by atoms with Crippen molar-refractivity contribution in [3.63, 3.8) is 0 Å². The van der Waals surface area contributed by atoms with Crippen LogP contribution in [0.5, 0.6) is 0 Å². The van der Waals surface area contributed by atoms with Gasteiger partial charge in [-0.2, -0.15) is 0 Å². The number of amides is 14. The van der Waals surface area contributed by atoms with Gasteiger partial charge in [0.25, 0.3) is 0 Å². The second-order valence-electron chi connectivity index (χ2n) is 22.3. The summed E-state index contributed by atoms with van der Waals surface area (Å²) in [7, 11) is 0. The van der Waals surface area contributed by atoms with Gasteiger partial charge in [-0.3, -0.25) is 76.7 Å². The quantitative estimate of drug-likeness (QED) is 0.0297. The van der Waals surface area contributed by atoms with Gasteiger partial charge in [-0.05, 0) is 70.8 Å². The first-order valence-electron chi connectivity index (χ1n) is 28.7. The Labute approximate surface area is 515 Å². The Morgan fingerprint density at radius 2 is 0.900 bits per heavy atom.